The number of carbonyl (C=O) groups is 1. The lowest BCUT2D eigenvalue weighted by Crippen LogP contribution is -2.48. The predicted molar refractivity (Wildman–Crippen MR) is 120 cm³/mol. The number of aliphatic hydroxyl groups excluding tert-OH is 2. The van der Waals surface area contributed by atoms with Crippen molar-refractivity contribution < 1.29 is 28.9 Å². The smallest absolute Gasteiger partial charge is 0.413 e. The number of fused-ring (bicyclic) bond motifs is 1. The summed E-state index contributed by atoms with van der Waals surface area (Å²) >= 11 is 0. The van der Waals surface area contributed by atoms with E-state index >= 15 is 0 Å². The van der Waals surface area contributed by atoms with Crippen LogP contribution in [-0.4, -0.2) is 75.7 Å². The van der Waals surface area contributed by atoms with Gasteiger partial charge in [-0.25, -0.2) is 19.7 Å². The number of anilines is 1. The van der Waals surface area contributed by atoms with Crippen molar-refractivity contribution in [3.8, 4) is 0 Å². The van der Waals surface area contributed by atoms with E-state index in [4.69, 9.17) is 13.9 Å². The molecule has 3 N–H and O–H groups in total. The summed E-state index contributed by atoms with van der Waals surface area (Å²) in [5.41, 5.74) is 0.693. The maximum Gasteiger partial charge on any atom is 0.413 e. The molecule has 0 aromatic carbocycles. The molecule has 1 fully saturated rings. The number of nitrogens with one attached hydrogen (secondary N) is 1. The monoisotopic (exact) mass is 465 g/mol. The SMILES string of the molecule is C=CCOC(=O)Nc1ncnc2c1ncn2[C@@H]1O[C@H](CO)[C@@H](O)[C@H]1O[Si](C)(C)C(C)(C)C. The van der Waals surface area contributed by atoms with E-state index in [1.165, 1.54) is 18.7 Å². The minimum Gasteiger partial charge on any atom is -0.445 e. The van der Waals surface area contributed by atoms with Gasteiger partial charge in [0.1, 0.15) is 31.2 Å². The van der Waals surface area contributed by atoms with Crippen molar-refractivity contribution in [2.45, 2.75) is 63.4 Å². The van der Waals surface area contributed by atoms with Crippen molar-refractivity contribution in [3.63, 3.8) is 0 Å². The van der Waals surface area contributed by atoms with Gasteiger partial charge >= 0.3 is 6.09 Å². The highest BCUT2D eigenvalue weighted by atomic mass is 28.4. The lowest BCUT2D eigenvalue weighted by molar-refractivity contribution is -0.0497. The predicted octanol–water partition coefficient (Wildman–Crippen LogP) is 2.20. The zero-order valence-corrected chi connectivity index (χ0v) is 20.0. The Bertz CT molecular complexity index is 975. The van der Waals surface area contributed by atoms with Crippen LogP contribution in [0.4, 0.5) is 10.6 Å². The normalized spacial score (nSPS) is 24.0. The molecule has 12 heteroatoms. The van der Waals surface area contributed by atoms with Crippen LogP contribution in [0.1, 0.15) is 27.0 Å². The van der Waals surface area contributed by atoms with Crippen LogP contribution in [0.5, 0.6) is 0 Å². The van der Waals surface area contributed by atoms with E-state index in [0.29, 0.717) is 11.2 Å². The van der Waals surface area contributed by atoms with Gasteiger partial charge < -0.3 is 24.1 Å². The molecule has 1 aliphatic rings. The number of imidazole rings is 1. The second-order valence-electron chi connectivity index (χ2n) is 9.14. The standard InChI is InChI=1S/C20H31N5O6Si/c1-7-8-29-19(28)24-16-13-17(22-10-21-16)25(11-23-13)18-15(14(27)12(9-26)30-18)31-32(5,6)20(2,3)4/h7,10-12,14-15,18,26-27H,1,8-9H2,2-6H3,(H,21,22,24,28)/t12-,14-,15-,18-/m1/s1. The topological polar surface area (TPSA) is 141 Å². The highest BCUT2D eigenvalue weighted by molar-refractivity contribution is 6.74. The minimum absolute atomic E-state index is 0.0529. The Labute approximate surface area is 187 Å². The molecule has 11 nitrogen and oxygen atoms in total. The van der Waals surface area contributed by atoms with E-state index in [0.717, 1.165) is 0 Å². The van der Waals surface area contributed by atoms with Crippen LogP contribution < -0.4 is 5.32 Å². The molecule has 0 radical (unpaired) electrons. The summed E-state index contributed by atoms with van der Waals surface area (Å²) in [6, 6.07) is 0. The molecule has 4 atom stereocenters. The van der Waals surface area contributed by atoms with Gasteiger partial charge in [-0.05, 0) is 18.1 Å². The zero-order chi connectivity index (χ0) is 23.7. The first-order valence-electron chi connectivity index (χ1n) is 10.3. The average molecular weight is 466 g/mol. The van der Waals surface area contributed by atoms with Crippen molar-refractivity contribution in [1.29, 1.82) is 0 Å². The fourth-order valence-corrected chi connectivity index (χ4v) is 4.42. The van der Waals surface area contributed by atoms with Gasteiger partial charge in [-0.1, -0.05) is 33.4 Å². The summed E-state index contributed by atoms with van der Waals surface area (Å²) in [5, 5.41) is 23.0. The molecule has 0 unspecified atom stereocenters. The number of carbonyl (C=O) groups excluding carboxylic acids is 1. The fraction of sp³-hybridized carbons (Fsp3) is 0.600. The number of amides is 1. The molecular formula is C20H31N5O6Si. The molecular weight excluding hydrogens is 434 g/mol. The first kappa shape index (κ1) is 24.3. The van der Waals surface area contributed by atoms with Crippen LogP contribution in [0.15, 0.2) is 25.3 Å². The van der Waals surface area contributed by atoms with Gasteiger partial charge in [-0.3, -0.25) is 9.88 Å². The number of ether oxygens (including phenoxy) is 2. The quantitative estimate of drug-likeness (QED) is 0.414. The minimum atomic E-state index is -2.29. The first-order valence-corrected chi connectivity index (χ1v) is 13.3. The third-order valence-electron chi connectivity index (χ3n) is 5.92. The summed E-state index contributed by atoms with van der Waals surface area (Å²) < 4.78 is 19.0. The van der Waals surface area contributed by atoms with Gasteiger partial charge in [0.15, 0.2) is 31.5 Å². The van der Waals surface area contributed by atoms with Crippen LogP contribution >= 0.6 is 0 Å². The molecule has 2 aromatic rings. The summed E-state index contributed by atoms with van der Waals surface area (Å²) in [4.78, 5) is 24.6. The molecule has 0 aliphatic carbocycles. The lowest BCUT2D eigenvalue weighted by Gasteiger charge is -2.40. The molecule has 3 heterocycles. The number of hydrogen-bond donors (Lipinski definition) is 3. The first-order chi connectivity index (χ1) is 15.0. The van der Waals surface area contributed by atoms with Crippen LogP contribution in [0.25, 0.3) is 11.2 Å². The fourth-order valence-electron chi connectivity index (χ4n) is 3.13. The molecule has 0 saturated carbocycles. The van der Waals surface area contributed by atoms with Crippen molar-refractivity contribution in [1.82, 2.24) is 19.5 Å². The highest BCUT2D eigenvalue weighted by Gasteiger charge is 2.50. The third-order valence-corrected chi connectivity index (χ3v) is 10.4. The number of aromatic nitrogens is 4. The highest BCUT2D eigenvalue weighted by Crippen LogP contribution is 2.42. The average Bonchev–Trinajstić information content (AvgIpc) is 3.27. The van der Waals surface area contributed by atoms with Crippen molar-refractivity contribution >= 4 is 31.4 Å². The van der Waals surface area contributed by atoms with Crippen molar-refractivity contribution in [2.24, 2.45) is 0 Å². The summed E-state index contributed by atoms with van der Waals surface area (Å²) in [6.07, 6.45) is 0.135. The van der Waals surface area contributed by atoms with E-state index in [1.807, 2.05) is 0 Å². The Kier molecular flexibility index (Phi) is 7.00. The number of aliphatic hydroxyl groups is 2. The Morgan fingerprint density at radius 2 is 2.09 bits per heavy atom. The molecule has 176 valence electrons. The molecule has 32 heavy (non-hydrogen) atoms. The Hall–Kier alpha value is -2.38. The second-order valence-corrected chi connectivity index (χ2v) is 13.9. The second kappa shape index (κ2) is 9.23. The van der Waals surface area contributed by atoms with Gasteiger partial charge in [-0.2, -0.15) is 0 Å². The largest absolute Gasteiger partial charge is 0.445 e. The Morgan fingerprint density at radius 1 is 1.38 bits per heavy atom. The van der Waals surface area contributed by atoms with Crippen LogP contribution in [-0.2, 0) is 13.9 Å². The third kappa shape index (κ3) is 4.69. The van der Waals surface area contributed by atoms with Gasteiger partial charge in [0.25, 0.3) is 0 Å². The van der Waals surface area contributed by atoms with E-state index in [2.05, 4.69) is 60.7 Å². The van der Waals surface area contributed by atoms with Crippen molar-refractivity contribution in [2.75, 3.05) is 18.5 Å². The number of nitrogens with zero attached hydrogens (tertiary/aromatic N) is 4. The Balaban J connectivity index is 1.95. The summed E-state index contributed by atoms with van der Waals surface area (Å²) in [7, 11) is -2.29. The number of rotatable bonds is 7. The van der Waals surface area contributed by atoms with Gasteiger partial charge in [0.05, 0.1) is 12.9 Å². The van der Waals surface area contributed by atoms with Crippen LogP contribution in [0, 0.1) is 0 Å². The van der Waals surface area contributed by atoms with Crippen LogP contribution in [0.3, 0.4) is 0 Å². The van der Waals surface area contributed by atoms with Crippen LogP contribution in [0.2, 0.25) is 18.1 Å². The van der Waals surface area contributed by atoms with E-state index < -0.39 is 39.0 Å². The van der Waals surface area contributed by atoms with E-state index in [9.17, 15) is 15.0 Å². The summed E-state index contributed by atoms with van der Waals surface area (Å²) in [5.74, 6) is 0.168. The molecule has 3 rings (SSSR count). The summed E-state index contributed by atoms with van der Waals surface area (Å²) in [6.45, 7) is 13.6. The van der Waals surface area contributed by atoms with Gasteiger partial charge in [0.2, 0.25) is 0 Å². The number of hydrogen-bond acceptors (Lipinski definition) is 9. The van der Waals surface area contributed by atoms with Crippen molar-refractivity contribution in [3.05, 3.63) is 25.3 Å². The molecule has 1 aliphatic heterocycles. The molecule has 2 aromatic heterocycles. The molecule has 1 saturated heterocycles. The maximum atomic E-state index is 11.9. The maximum absolute atomic E-state index is 11.9. The Morgan fingerprint density at radius 3 is 2.72 bits per heavy atom. The zero-order valence-electron chi connectivity index (χ0n) is 19.0. The lowest BCUT2D eigenvalue weighted by atomic mass is 10.1. The molecule has 0 spiro atoms. The van der Waals surface area contributed by atoms with Gasteiger partial charge in [-0.15, -0.1) is 0 Å². The molecule has 1 amide bonds. The van der Waals surface area contributed by atoms with Gasteiger partial charge in [0, 0.05) is 0 Å². The van der Waals surface area contributed by atoms with E-state index in [-0.39, 0.29) is 24.1 Å². The molecule has 0 bridgehead atoms. The van der Waals surface area contributed by atoms with E-state index in [1.54, 1.807) is 4.57 Å².